The van der Waals surface area contributed by atoms with Gasteiger partial charge in [-0.25, -0.2) is 0 Å². The Hall–Kier alpha value is -1.40. The van der Waals surface area contributed by atoms with Gasteiger partial charge in [0.2, 0.25) is 0 Å². The molecule has 6 heteroatoms. The average Bonchev–Trinajstić information content (AvgIpc) is 2.91. The predicted molar refractivity (Wildman–Crippen MR) is 122 cm³/mol. The molecule has 0 amide bonds. The molecule has 0 spiro atoms. The van der Waals surface area contributed by atoms with Gasteiger partial charge in [0.25, 0.3) is 0 Å². The molecule has 1 aromatic carbocycles. The van der Waals surface area contributed by atoms with E-state index in [0.717, 1.165) is 46.7 Å². The maximum atomic E-state index is 10.3. The average molecular weight is 421 g/mol. The molecule has 0 saturated heterocycles. The van der Waals surface area contributed by atoms with Gasteiger partial charge >= 0.3 is 0 Å². The van der Waals surface area contributed by atoms with E-state index in [0.29, 0.717) is 11.6 Å². The summed E-state index contributed by atoms with van der Waals surface area (Å²) in [6, 6.07) is 5.70. The normalized spacial score (nSPS) is 15.3. The summed E-state index contributed by atoms with van der Waals surface area (Å²) in [6.07, 6.45) is 3.11. The number of benzene rings is 1. The van der Waals surface area contributed by atoms with Crippen LogP contribution in [-0.2, 0) is 19.4 Å². The molecular weight excluding hydrogens is 396 g/mol. The van der Waals surface area contributed by atoms with Crippen LogP contribution in [0, 0.1) is 5.41 Å². The van der Waals surface area contributed by atoms with Crippen molar-refractivity contribution in [3.05, 3.63) is 63.5 Å². The van der Waals surface area contributed by atoms with Crippen LogP contribution in [0.1, 0.15) is 47.4 Å². The van der Waals surface area contributed by atoms with Gasteiger partial charge in [-0.05, 0) is 47.9 Å². The van der Waals surface area contributed by atoms with E-state index in [1.165, 1.54) is 10.4 Å². The van der Waals surface area contributed by atoms with Gasteiger partial charge in [-0.3, -0.25) is 4.72 Å². The topological polar surface area (TPSA) is 44.3 Å². The highest BCUT2D eigenvalue weighted by Gasteiger charge is 2.31. The van der Waals surface area contributed by atoms with E-state index >= 15 is 0 Å². The fourth-order valence-corrected chi connectivity index (χ4v) is 5.24. The highest BCUT2D eigenvalue weighted by molar-refractivity contribution is 7.78. The van der Waals surface area contributed by atoms with E-state index < -0.39 is 0 Å². The lowest BCUT2D eigenvalue weighted by Crippen LogP contribution is -2.21. The Labute approximate surface area is 175 Å². The van der Waals surface area contributed by atoms with Gasteiger partial charge in [-0.15, -0.1) is 11.3 Å². The summed E-state index contributed by atoms with van der Waals surface area (Å²) >= 11 is 11.9. The number of hydrogen-bond acceptors (Lipinski definition) is 5. The number of thiophene rings is 1. The minimum Gasteiger partial charge on any atom is -0.508 e. The maximum Gasteiger partial charge on any atom is 0.118 e. The number of aryl methyl sites for hydroxylation is 1. The summed E-state index contributed by atoms with van der Waals surface area (Å²) in [5, 5.41) is 15.3. The second kappa shape index (κ2) is 7.92. The van der Waals surface area contributed by atoms with E-state index in [1.807, 2.05) is 18.2 Å². The molecule has 2 aromatic rings. The van der Waals surface area contributed by atoms with Gasteiger partial charge in [0.1, 0.15) is 10.8 Å². The number of halogens is 1. The van der Waals surface area contributed by atoms with Gasteiger partial charge in [-0.2, -0.15) is 0 Å². The molecule has 0 bridgehead atoms. The molecule has 0 unspecified atom stereocenters. The summed E-state index contributed by atoms with van der Waals surface area (Å²) < 4.78 is 2.86. The predicted octanol–water partition coefficient (Wildman–Crippen LogP) is 6.46. The molecule has 1 aromatic heterocycles. The number of fused-ring (bicyclic) bond motifs is 1. The van der Waals surface area contributed by atoms with Gasteiger partial charge in [0.15, 0.2) is 0 Å². The van der Waals surface area contributed by atoms with Crippen LogP contribution >= 0.6 is 35.8 Å². The van der Waals surface area contributed by atoms with Gasteiger partial charge in [0.05, 0.1) is 5.56 Å². The van der Waals surface area contributed by atoms with Crippen molar-refractivity contribution in [2.45, 2.75) is 39.7 Å². The van der Waals surface area contributed by atoms with Crippen LogP contribution in [0.5, 0.6) is 0 Å². The van der Waals surface area contributed by atoms with E-state index in [2.05, 4.69) is 49.9 Å². The zero-order valence-electron chi connectivity index (χ0n) is 15.7. The molecule has 0 fully saturated rings. The third kappa shape index (κ3) is 4.37. The lowest BCUT2D eigenvalue weighted by Gasteiger charge is -2.29. The van der Waals surface area contributed by atoms with Crippen molar-refractivity contribution in [2.75, 3.05) is 5.32 Å². The molecule has 0 atom stereocenters. The van der Waals surface area contributed by atoms with E-state index in [-0.39, 0.29) is 11.2 Å². The summed E-state index contributed by atoms with van der Waals surface area (Å²) in [7, 11) is 0. The first-order valence-corrected chi connectivity index (χ1v) is 10.5. The molecule has 144 valence electrons. The quantitative estimate of drug-likeness (QED) is 0.320. The fraction of sp³-hybridized carbons (Fsp3) is 0.333. The number of hydrogen-bond donors (Lipinski definition) is 4. The first-order valence-electron chi connectivity index (χ1n) is 8.86. The van der Waals surface area contributed by atoms with Crippen LogP contribution in [0.15, 0.2) is 31.4 Å². The Morgan fingerprint density at radius 1 is 1.37 bits per heavy atom. The van der Waals surface area contributed by atoms with Gasteiger partial charge in [0, 0.05) is 27.7 Å². The summed E-state index contributed by atoms with van der Waals surface area (Å²) in [5.74, 6) is 0.105. The summed E-state index contributed by atoms with van der Waals surface area (Å²) in [6.45, 7) is 13.1. The minimum absolute atomic E-state index is 0.105. The number of nitrogens with one attached hydrogen (secondary N) is 2. The van der Waals surface area contributed by atoms with Crippen molar-refractivity contribution in [3.63, 3.8) is 0 Å². The number of anilines is 1. The Bertz CT molecular complexity index is 902. The molecule has 3 nitrogen and oxygen atoms in total. The molecule has 1 heterocycles. The van der Waals surface area contributed by atoms with Crippen molar-refractivity contribution in [1.29, 1.82) is 0 Å². The third-order valence-corrected chi connectivity index (χ3v) is 6.59. The van der Waals surface area contributed by atoms with E-state index in [4.69, 9.17) is 11.6 Å². The van der Waals surface area contributed by atoms with E-state index in [9.17, 15) is 5.11 Å². The first kappa shape index (κ1) is 20.3. The van der Waals surface area contributed by atoms with Crippen LogP contribution in [0.3, 0.4) is 0 Å². The fourth-order valence-electron chi connectivity index (χ4n) is 3.61. The van der Waals surface area contributed by atoms with Gasteiger partial charge < -0.3 is 10.4 Å². The Balaban J connectivity index is 1.96. The first-order chi connectivity index (χ1) is 12.7. The summed E-state index contributed by atoms with van der Waals surface area (Å²) in [5.41, 5.74) is 4.99. The monoisotopic (exact) mass is 420 g/mol. The lowest BCUT2D eigenvalue weighted by molar-refractivity contribution is 0.317. The highest BCUT2D eigenvalue weighted by Crippen LogP contribution is 2.46. The number of rotatable bonds is 6. The Kier molecular flexibility index (Phi) is 5.96. The zero-order valence-corrected chi connectivity index (χ0v) is 18.1. The number of aliphatic hydroxyl groups is 1. The van der Waals surface area contributed by atoms with Crippen molar-refractivity contribution < 1.29 is 5.11 Å². The molecule has 0 radical (unpaired) electrons. The second-order valence-corrected chi connectivity index (χ2v) is 9.59. The van der Waals surface area contributed by atoms with Crippen LogP contribution in [0.2, 0.25) is 5.02 Å². The molecule has 27 heavy (non-hydrogen) atoms. The molecule has 0 saturated carbocycles. The molecular formula is C21H25ClN2OS2. The van der Waals surface area contributed by atoms with Crippen molar-refractivity contribution >= 4 is 52.2 Å². The Morgan fingerprint density at radius 2 is 2.11 bits per heavy atom. The lowest BCUT2D eigenvalue weighted by atomic mass is 9.76. The van der Waals surface area contributed by atoms with Crippen molar-refractivity contribution in [3.8, 4) is 0 Å². The molecule has 1 aliphatic carbocycles. The Morgan fingerprint density at radius 3 is 2.78 bits per heavy atom. The third-order valence-electron chi connectivity index (χ3n) is 4.99. The number of thiol groups is 1. The molecule has 3 rings (SSSR count). The van der Waals surface area contributed by atoms with Crippen LogP contribution < -0.4 is 10.0 Å². The standard InChI is InChI=1S/C21H25ClN2OS2/c1-12(16-6-5-15(22)9-14(16)11-23-26)24-20-19(13(2)25)17-10-21(3,4)8-7-18(17)27-20/h5-6,9,23-26H,1-2,7-8,10-11H2,3-4H3. The molecule has 3 N–H and O–H groups in total. The minimum atomic E-state index is 0.105. The summed E-state index contributed by atoms with van der Waals surface area (Å²) in [4.78, 5) is 1.32. The molecule has 0 aliphatic heterocycles. The van der Waals surface area contributed by atoms with Crippen LogP contribution in [-0.4, -0.2) is 5.11 Å². The van der Waals surface area contributed by atoms with Crippen molar-refractivity contribution in [2.24, 2.45) is 5.41 Å². The number of aliphatic hydroxyl groups excluding tert-OH is 1. The van der Waals surface area contributed by atoms with Gasteiger partial charge in [-0.1, -0.05) is 57.5 Å². The second-order valence-electron chi connectivity index (χ2n) is 7.74. The zero-order chi connectivity index (χ0) is 19.8. The highest BCUT2D eigenvalue weighted by atomic mass is 35.5. The molecule has 1 aliphatic rings. The van der Waals surface area contributed by atoms with E-state index in [1.54, 1.807) is 11.3 Å². The maximum absolute atomic E-state index is 10.3. The van der Waals surface area contributed by atoms with Crippen LogP contribution in [0.4, 0.5) is 5.00 Å². The van der Waals surface area contributed by atoms with Crippen molar-refractivity contribution in [1.82, 2.24) is 4.72 Å². The smallest absolute Gasteiger partial charge is 0.118 e. The SMILES string of the molecule is C=C(Nc1sc2c(c1C(=C)O)CC(C)(C)CC2)c1ccc(Cl)cc1CNS. The largest absolute Gasteiger partial charge is 0.508 e. The van der Waals surface area contributed by atoms with Crippen LogP contribution in [0.25, 0.3) is 11.5 Å².